The van der Waals surface area contributed by atoms with E-state index in [2.05, 4.69) is 56.1 Å². The average molecular weight is 393 g/mol. The van der Waals surface area contributed by atoms with Crippen LogP contribution < -0.4 is 11.1 Å². The molecule has 0 spiro atoms. The number of hydrogen-bond acceptors (Lipinski definition) is 2. The van der Waals surface area contributed by atoms with Crippen LogP contribution in [0.5, 0.6) is 0 Å². The van der Waals surface area contributed by atoms with E-state index in [1.54, 1.807) is 6.07 Å². The number of carbonyl (C=O) groups is 1. The van der Waals surface area contributed by atoms with Crippen molar-refractivity contribution in [1.29, 1.82) is 0 Å². The number of nitrogens with two attached hydrogens (primary N) is 1. The first-order valence-corrected chi connectivity index (χ1v) is 9.85. The van der Waals surface area contributed by atoms with Gasteiger partial charge in [-0.05, 0) is 73.4 Å². The Morgan fingerprint density at radius 2 is 2.00 bits per heavy atom. The van der Waals surface area contributed by atoms with Gasteiger partial charge in [-0.25, -0.2) is 4.39 Å². The van der Waals surface area contributed by atoms with E-state index in [-0.39, 0.29) is 11.5 Å². The molecule has 2 aromatic rings. The van der Waals surface area contributed by atoms with Gasteiger partial charge >= 0.3 is 0 Å². The van der Waals surface area contributed by atoms with Crippen molar-refractivity contribution >= 4 is 5.91 Å². The molecule has 0 aliphatic carbocycles. The zero-order valence-corrected chi connectivity index (χ0v) is 17.6. The molecule has 0 heterocycles. The molecule has 0 saturated carbocycles. The van der Waals surface area contributed by atoms with Crippen molar-refractivity contribution < 1.29 is 9.18 Å². The highest BCUT2D eigenvalue weighted by molar-refractivity contribution is 5.93. The van der Waals surface area contributed by atoms with Gasteiger partial charge in [0.1, 0.15) is 5.82 Å². The second kappa shape index (κ2) is 10.5. The molecule has 3 nitrogen and oxygen atoms in total. The fourth-order valence-corrected chi connectivity index (χ4v) is 3.34. The number of amides is 1. The summed E-state index contributed by atoms with van der Waals surface area (Å²) in [5.74, 6) is 4.84. The number of hydrogen-bond donors (Lipinski definition) is 2. The van der Waals surface area contributed by atoms with Gasteiger partial charge in [-0.2, -0.15) is 0 Å². The van der Waals surface area contributed by atoms with Crippen LogP contribution in [-0.4, -0.2) is 12.5 Å². The van der Waals surface area contributed by atoms with Crippen LogP contribution in [0.25, 0.3) is 0 Å². The van der Waals surface area contributed by atoms with Crippen LogP contribution in [0.4, 0.5) is 4.39 Å². The summed E-state index contributed by atoms with van der Waals surface area (Å²) in [6.45, 7) is 8.89. The average Bonchev–Trinajstić information content (AvgIpc) is 2.68. The molecule has 1 unspecified atom stereocenters. The highest BCUT2D eigenvalue weighted by Crippen LogP contribution is 2.32. The topological polar surface area (TPSA) is 55.1 Å². The lowest BCUT2D eigenvalue weighted by Crippen LogP contribution is -2.14. The van der Waals surface area contributed by atoms with Gasteiger partial charge < -0.3 is 11.1 Å². The van der Waals surface area contributed by atoms with Crippen molar-refractivity contribution in [3.8, 4) is 11.8 Å². The normalized spacial score (nSPS) is 12.1. The number of primary amides is 1. The SMILES string of the molecule is CCC#CCN/C=C(\C)C(Cc1ccc(C(N)=O)c(F)c1)c1cccc(C)c1C. The van der Waals surface area contributed by atoms with E-state index in [4.69, 9.17) is 5.73 Å². The molecule has 0 bridgehead atoms. The smallest absolute Gasteiger partial charge is 0.251 e. The lowest BCUT2D eigenvalue weighted by Gasteiger charge is -2.22. The summed E-state index contributed by atoms with van der Waals surface area (Å²) < 4.78 is 14.3. The molecule has 2 rings (SSSR count). The minimum absolute atomic E-state index is 0.0698. The third-order valence-corrected chi connectivity index (χ3v) is 5.13. The first kappa shape index (κ1) is 22.2. The van der Waals surface area contributed by atoms with E-state index in [0.29, 0.717) is 13.0 Å². The predicted molar refractivity (Wildman–Crippen MR) is 117 cm³/mol. The van der Waals surface area contributed by atoms with Crippen LogP contribution in [0.1, 0.15) is 58.8 Å². The molecule has 0 fully saturated rings. The molecule has 1 atom stereocenters. The van der Waals surface area contributed by atoms with Crippen molar-refractivity contribution in [3.05, 3.63) is 81.8 Å². The number of benzene rings is 2. The standard InChI is InChI=1S/C25H29FN2O/c1-5-6-7-13-28-16-18(3)23(21-10-8-9-17(2)19(21)4)14-20-11-12-22(25(27)29)24(26)15-20/h8-12,15-16,23,28H,5,13-14H2,1-4H3,(H2,27,29)/b18-16+. The Labute approximate surface area is 173 Å². The summed E-state index contributed by atoms with van der Waals surface area (Å²) in [6, 6.07) is 10.9. The maximum atomic E-state index is 14.3. The minimum Gasteiger partial charge on any atom is -0.380 e. The quantitative estimate of drug-likeness (QED) is 0.527. The van der Waals surface area contributed by atoms with Gasteiger partial charge in [0.2, 0.25) is 0 Å². The molecule has 0 aliphatic heterocycles. The predicted octanol–water partition coefficient (Wildman–Crippen LogP) is 4.77. The molecular formula is C25H29FN2O. The van der Waals surface area contributed by atoms with Crippen LogP contribution >= 0.6 is 0 Å². The fraction of sp³-hybridized carbons (Fsp3) is 0.320. The molecule has 29 heavy (non-hydrogen) atoms. The maximum Gasteiger partial charge on any atom is 0.251 e. The van der Waals surface area contributed by atoms with Gasteiger partial charge in [0.05, 0.1) is 12.1 Å². The van der Waals surface area contributed by atoms with Crippen molar-refractivity contribution in [2.75, 3.05) is 6.54 Å². The number of rotatable bonds is 7. The molecule has 4 heteroatoms. The molecule has 2 aromatic carbocycles. The summed E-state index contributed by atoms with van der Waals surface area (Å²) in [5, 5.41) is 3.25. The van der Waals surface area contributed by atoms with Crippen molar-refractivity contribution in [3.63, 3.8) is 0 Å². The fourth-order valence-electron chi connectivity index (χ4n) is 3.34. The maximum absolute atomic E-state index is 14.3. The number of allylic oxidation sites excluding steroid dienone is 1. The number of nitrogens with one attached hydrogen (secondary N) is 1. The van der Waals surface area contributed by atoms with E-state index in [9.17, 15) is 9.18 Å². The van der Waals surface area contributed by atoms with Gasteiger partial charge in [0, 0.05) is 12.3 Å². The number of carbonyl (C=O) groups excluding carboxylic acids is 1. The molecule has 1 amide bonds. The van der Waals surface area contributed by atoms with Gasteiger partial charge in [0.25, 0.3) is 5.91 Å². The Kier molecular flexibility index (Phi) is 8.03. The first-order chi connectivity index (χ1) is 13.8. The highest BCUT2D eigenvalue weighted by atomic mass is 19.1. The Morgan fingerprint density at radius 3 is 2.66 bits per heavy atom. The lowest BCUT2D eigenvalue weighted by molar-refractivity contribution is 0.0996. The molecular weight excluding hydrogens is 363 g/mol. The number of halogens is 1. The van der Waals surface area contributed by atoms with E-state index < -0.39 is 11.7 Å². The summed E-state index contributed by atoms with van der Waals surface area (Å²) >= 11 is 0. The second-order valence-corrected chi connectivity index (χ2v) is 7.20. The number of aryl methyl sites for hydroxylation is 1. The molecule has 0 aliphatic rings. The summed E-state index contributed by atoms with van der Waals surface area (Å²) in [6.07, 6.45) is 3.44. The van der Waals surface area contributed by atoms with E-state index >= 15 is 0 Å². The molecule has 0 radical (unpaired) electrons. The first-order valence-electron chi connectivity index (χ1n) is 9.85. The second-order valence-electron chi connectivity index (χ2n) is 7.20. The molecule has 152 valence electrons. The summed E-state index contributed by atoms with van der Waals surface area (Å²) in [7, 11) is 0. The monoisotopic (exact) mass is 392 g/mol. The largest absolute Gasteiger partial charge is 0.380 e. The molecule has 0 aromatic heterocycles. The minimum atomic E-state index is -0.756. The van der Waals surface area contributed by atoms with Crippen molar-refractivity contribution in [2.24, 2.45) is 5.73 Å². The third-order valence-electron chi connectivity index (χ3n) is 5.13. The zero-order valence-electron chi connectivity index (χ0n) is 17.6. The van der Waals surface area contributed by atoms with Gasteiger partial charge in [-0.15, -0.1) is 5.92 Å². The van der Waals surface area contributed by atoms with Crippen LogP contribution in [0.15, 0.2) is 48.2 Å². The Balaban J connectivity index is 2.37. The van der Waals surface area contributed by atoms with E-state index in [1.807, 2.05) is 13.1 Å². The van der Waals surface area contributed by atoms with Gasteiger partial charge in [-0.1, -0.05) is 37.1 Å². The van der Waals surface area contributed by atoms with Crippen molar-refractivity contribution in [1.82, 2.24) is 5.32 Å². The highest BCUT2D eigenvalue weighted by Gasteiger charge is 2.19. The molecule has 0 saturated heterocycles. The van der Waals surface area contributed by atoms with Gasteiger partial charge in [0.15, 0.2) is 0 Å². The van der Waals surface area contributed by atoms with Crippen LogP contribution in [0.3, 0.4) is 0 Å². The van der Waals surface area contributed by atoms with E-state index in [1.165, 1.54) is 28.8 Å². The van der Waals surface area contributed by atoms with Crippen LogP contribution in [0, 0.1) is 31.5 Å². The van der Waals surface area contributed by atoms with Crippen LogP contribution in [0.2, 0.25) is 0 Å². The lowest BCUT2D eigenvalue weighted by atomic mass is 9.83. The Hall–Kier alpha value is -3.06. The van der Waals surface area contributed by atoms with Crippen LogP contribution in [-0.2, 0) is 6.42 Å². The van der Waals surface area contributed by atoms with Crippen molar-refractivity contribution in [2.45, 2.75) is 46.5 Å². The summed E-state index contributed by atoms with van der Waals surface area (Å²) in [5.41, 5.74) is 10.7. The third kappa shape index (κ3) is 5.96. The Bertz CT molecular complexity index is 967. The summed E-state index contributed by atoms with van der Waals surface area (Å²) in [4.78, 5) is 11.3. The zero-order chi connectivity index (χ0) is 21.4. The van der Waals surface area contributed by atoms with Gasteiger partial charge in [-0.3, -0.25) is 4.79 Å². The molecule has 3 N–H and O–H groups in total. The Morgan fingerprint density at radius 1 is 1.24 bits per heavy atom. The van der Waals surface area contributed by atoms with E-state index in [0.717, 1.165) is 17.6 Å².